The quantitative estimate of drug-likeness (QED) is 0.725. The number of amides is 1. The summed E-state index contributed by atoms with van der Waals surface area (Å²) in [7, 11) is 0. The second-order valence-electron chi connectivity index (χ2n) is 5.34. The summed E-state index contributed by atoms with van der Waals surface area (Å²) in [5, 5.41) is 20.1. The molecule has 0 radical (unpaired) electrons. The Morgan fingerprint density at radius 2 is 1.88 bits per heavy atom. The molecule has 7 nitrogen and oxygen atoms in total. The molecule has 0 atom stereocenters. The van der Waals surface area contributed by atoms with Crippen molar-refractivity contribution in [1.82, 2.24) is 20.3 Å². The number of aromatic nitrogens is 3. The number of carbonyl (C=O) groups excluding carboxylic acids is 1. The highest BCUT2D eigenvalue weighted by atomic mass is 16.3. The molecule has 0 spiro atoms. The molecule has 2 N–H and O–H groups in total. The van der Waals surface area contributed by atoms with E-state index in [1.807, 2.05) is 0 Å². The molecule has 1 aromatic heterocycles. The Morgan fingerprint density at radius 1 is 1.12 bits per heavy atom. The third-order valence-electron chi connectivity index (χ3n) is 3.59. The van der Waals surface area contributed by atoms with Gasteiger partial charge in [0.2, 0.25) is 5.91 Å². The van der Waals surface area contributed by atoms with Crippen LogP contribution >= 0.6 is 0 Å². The van der Waals surface area contributed by atoms with Crippen molar-refractivity contribution in [2.75, 3.05) is 6.54 Å². The Balaban J connectivity index is 1.60. The number of phenolic OH excluding ortho intramolecular Hbond substituents is 1. The number of aromatic hydroxyl groups is 1. The van der Waals surface area contributed by atoms with E-state index in [1.54, 1.807) is 48.5 Å². The van der Waals surface area contributed by atoms with Gasteiger partial charge in [-0.3, -0.25) is 9.59 Å². The lowest BCUT2D eigenvalue weighted by atomic mass is 10.1. The van der Waals surface area contributed by atoms with E-state index >= 15 is 0 Å². The molecule has 122 valence electrons. The SMILES string of the molecule is O=C(Cn1nnc2ccccc2c1=O)NCCc1ccc(O)cc1. The van der Waals surface area contributed by atoms with Gasteiger partial charge in [-0.1, -0.05) is 29.5 Å². The summed E-state index contributed by atoms with van der Waals surface area (Å²) in [5.74, 6) is -0.0995. The standard InChI is InChI=1S/C17H16N4O3/c22-13-7-5-12(6-8-13)9-10-18-16(23)11-21-17(24)14-3-1-2-4-15(14)19-20-21/h1-8,22H,9-11H2,(H,18,23). The van der Waals surface area contributed by atoms with Crippen molar-refractivity contribution in [1.29, 1.82) is 0 Å². The summed E-state index contributed by atoms with van der Waals surface area (Å²) in [5.41, 5.74) is 1.16. The van der Waals surface area contributed by atoms with Gasteiger partial charge < -0.3 is 10.4 Å². The van der Waals surface area contributed by atoms with E-state index in [4.69, 9.17) is 0 Å². The van der Waals surface area contributed by atoms with E-state index in [0.29, 0.717) is 23.9 Å². The van der Waals surface area contributed by atoms with Crippen molar-refractivity contribution < 1.29 is 9.90 Å². The molecule has 1 heterocycles. The minimum Gasteiger partial charge on any atom is -0.508 e. The molecule has 0 bridgehead atoms. The number of nitrogens with one attached hydrogen (secondary N) is 1. The van der Waals surface area contributed by atoms with Gasteiger partial charge >= 0.3 is 0 Å². The molecular weight excluding hydrogens is 308 g/mol. The van der Waals surface area contributed by atoms with Crippen molar-refractivity contribution in [2.24, 2.45) is 0 Å². The summed E-state index contributed by atoms with van der Waals surface area (Å²) >= 11 is 0. The zero-order chi connectivity index (χ0) is 16.9. The lowest BCUT2D eigenvalue weighted by Gasteiger charge is -2.07. The Labute approximate surface area is 137 Å². The first-order valence-electron chi connectivity index (χ1n) is 7.50. The zero-order valence-corrected chi connectivity index (χ0v) is 12.8. The minimum atomic E-state index is -0.339. The largest absolute Gasteiger partial charge is 0.508 e. The first-order valence-corrected chi connectivity index (χ1v) is 7.50. The number of rotatable bonds is 5. The zero-order valence-electron chi connectivity index (χ0n) is 12.8. The van der Waals surface area contributed by atoms with Gasteiger partial charge in [0.15, 0.2) is 0 Å². The first kappa shape index (κ1) is 15.7. The number of benzene rings is 2. The van der Waals surface area contributed by atoms with Crippen LogP contribution in [-0.2, 0) is 17.8 Å². The fourth-order valence-electron chi connectivity index (χ4n) is 2.33. The summed E-state index contributed by atoms with van der Waals surface area (Å²) in [6, 6.07) is 13.7. The maximum atomic E-state index is 12.2. The van der Waals surface area contributed by atoms with E-state index in [1.165, 1.54) is 0 Å². The number of hydrogen-bond acceptors (Lipinski definition) is 5. The monoisotopic (exact) mass is 324 g/mol. The van der Waals surface area contributed by atoms with Crippen LogP contribution in [0.4, 0.5) is 0 Å². The van der Waals surface area contributed by atoms with Gasteiger partial charge in [0.1, 0.15) is 17.8 Å². The van der Waals surface area contributed by atoms with Crippen molar-refractivity contribution in [3.63, 3.8) is 0 Å². The molecule has 3 aromatic rings. The Hall–Kier alpha value is -3.22. The maximum Gasteiger partial charge on any atom is 0.278 e. The summed E-state index contributed by atoms with van der Waals surface area (Å²) in [4.78, 5) is 24.2. The van der Waals surface area contributed by atoms with Gasteiger partial charge in [0.25, 0.3) is 5.56 Å². The summed E-state index contributed by atoms with van der Waals surface area (Å²) in [6.45, 7) is 0.256. The molecule has 0 fully saturated rings. The van der Waals surface area contributed by atoms with Crippen molar-refractivity contribution >= 4 is 16.8 Å². The highest BCUT2D eigenvalue weighted by Crippen LogP contribution is 2.09. The lowest BCUT2D eigenvalue weighted by Crippen LogP contribution is -2.35. The van der Waals surface area contributed by atoms with Crippen LogP contribution in [0.3, 0.4) is 0 Å². The number of hydrogen-bond donors (Lipinski definition) is 2. The number of carbonyl (C=O) groups is 1. The van der Waals surface area contributed by atoms with Gasteiger partial charge in [0.05, 0.1) is 5.39 Å². The van der Waals surface area contributed by atoms with Crippen molar-refractivity contribution in [3.05, 3.63) is 64.4 Å². The van der Waals surface area contributed by atoms with Crippen LogP contribution in [0.2, 0.25) is 0 Å². The average molecular weight is 324 g/mol. The molecule has 0 aliphatic carbocycles. The van der Waals surface area contributed by atoms with Crippen LogP contribution < -0.4 is 10.9 Å². The predicted octanol–water partition coefficient (Wildman–Crippen LogP) is 0.856. The second kappa shape index (κ2) is 6.91. The van der Waals surface area contributed by atoms with Crippen LogP contribution in [0.5, 0.6) is 5.75 Å². The molecule has 0 saturated carbocycles. The van der Waals surface area contributed by atoms with Crippen LogP contribution in [0, 0.1) is 0 Å². The molecule has 3 rings (SSSR count). The molecule has 2 aromatic carbocycles. The predicted molar refractivity (Wildman–Crippen MR) is 88.6 cm³/mol. The van der Waals surface area contributed by atoms with E-state index in [0.717, 1.165) is 10.2 Å². The van der Waals surface area contributed by atoms with Gasteiger partial charge in [-0.15, -0.1) is 5.10 Å². The minimum absolute atomic E-state index is 0.174. The average Bonchev–Trinajstić information content (AvgIpc) is 2.59. The van der Waals surface area contributed by atoms with Crippen LogP contribution in [-0.4, -0.2) is 32.6 Å². The Kier molecular flexibility index (Phi) is 4.51. The molecule has 0 unspecified atom stereocenters. The summed E-state index contributed by atoms with van der Waals surface area (Å²) in [6.07, 6.45) is 0.629. The number of fused-ring (bicyclic) bond motifs is 1. The van der Waals surface area contributed by atoms with Crippen molar-refractivity contribution in [2.45, 2.75) is 13.0 Å². The van der Waals surface area contributed by atoms with Gasteiger partial charge in [-0.2, -0.15) is 0 Å². The van der Waals surface area contributed by atoms with Crippen LogP contribution in [0.25, 0.3) is 10.9 Å². The van der Waals surface area contributed by atoms with E-state index in [-0.39, 0.29) is 23.8 Å². The van der Waals surface area contributed by atoms with E-state index in [2.05, 4.69) is 15.6 Å². The van der Waals surface area contributed by atoms with Gasteiger partial charge in [-0.05, 0) is 36.2 Å². The fraction of sp³-hybridized carbons (Fsp3) is 0.176. The third kappa shape index (κ3) is 3.57. The fourth-order valence-corrected chi connectivity index (χ4v) is 2.33. The van der Waals surface area contributed by atoms with Gasteiger partial charge in [-0.25, -0.2) is 4.68 Å². The normalized spacial score (nSPS) is 10.7. The summed E-state index contributed by atoms with van der Waals surface area (Å²) < 4.78 is 1.05. The maximum absolute atomic E-state index is 12.2. The van der Waals surface area contributed by atoms with E-state index < -0.39 is 0 Å². The third-order valence-corrected chi connectivity index (χ3v) is 3.59. The van der Waals surface area contributed by atoms with Crippen molar-refractivity contribution in [3.8, 4) is 5.75 Å². The molecule has 24 heavy (non-hydrogen) atoms. The number of nitrogens with zero attached hydrogens (tertiary/aromatic N) is 3. The smallest absolute Gasteiger partial charge is 0.278 e. The van der Waals surface area contributed by atoms with Crippen LogP contribution in [0.1, 0.15) is 5.56 Å². The topological polar surface area (TPSA) is 97.1 Å². The molecular formula is C17H16N4O3. The first-order chi connectivity index (χ1) is 11.6. The van der Waals surface area contributed by atoms with E-state index in [9.17, 15) is 14.7 Å². The lowest BCUT2D eigenvalue weighted by molar-refractivity contribution is -0.121. The molecule has 0 saturated heterocycles. The van der Waals surface area contributed by atoms with Gasteiger partial charge in [0, 0.05) is 6.54 Å². The second-order valence-corrected chi connectivity index (χ2v) is 5.34. The molecule has 7 heteroatoms. The highest BCUT2D eigenvalue weighted by molar-refractivity contribution is 5.78. The Bertz CT molecular complexity index is 919. The Morgan fingerprint density at radius 3 is 2.67 bits per heavy atom. The molecule has 0 aliphatic heterocycles. The highest BCUT2D eigenvalue weighted by Gasteiger charge is 2.09. The molecule has 0 aliphatic rings. The molecule has 1 amide bonds. The van der Waals surface area contributed by atoms with Crippen LogP contribution in [0.15, 0.2) is 53.3 Å². The number of phenols is 1.